The molecule has 10 heteroatoms. The summed E-state index contributed by atoms with van der Waals surface area (Å²) in [5.74, 6) is 0.754. The molecule has 0 saturated heterocycles. The number of benzene rings is 3. The van der Waals surface area contributed by atoms with Crippen molar-refractivity contribution in [2.45, 2.75) is 24.8 Å². The van der Waals surface area contributed by atoms with Gasteiger partial charge in [0, 0.05) is 10.5 Å². The van der Waals surface area contributed by atoms with Gasteiger partial charge in [-0.15, -0.1) is 11.8 Å². The molecule has 2 heterocycles. The molecule has 4 aromatic rings. The third kappa shape index (κ3) is 5.93. The minimum Gasteiger partial charge on any atom is -0.493 e. The van der Waals surface area contributed by atoms with E-state index >= 15 is 0 Å². The van der Waals surface area contributed by atoms with Crippen molar-refractivity contribution >= 4 is 63.4 Å². The highest BCUT2D eigenvalue weighted by molar-refractivity contribution is 14.1. The maximum atomic E-state index is 14.1. The molecule has 0 radical (unpaired) electrons. The zero-order valence-electron chi connectivity index (χ0n) is 23.5. The lowest BCUT2D eigenvalue weighted by Crippen LogP contribution is -2.40. The maximum absolute atomic E-state index is 14.1. The summed E-state index contributed by atoms with van der Waals surface area (Å²) in [6.07, 6.45) is 3.83. The number of hydrogen-bond acceptors (Lipinski definition) is 8. The van der Waals surface area contributed by atoms with Crippen molar-refractivity contribution in [1.82, 2.24) is 4.57 Å². The predicted octanol–water partition coefficient (Wildman–Crippen LogP) is 5.67. The lowest BCUT2D eigenvalue weighted by atomic mass is 9.93. The number of carbonyl (C=O) groups is 1. The Bertz CT molecular complexity index is 1830. The highest BCUT2D eigenvalue weighted by atomic mass is 127. The summed E-state index contributed by atoms with van der Waals surface area (Å²) in [7, 11) is 1.59. The van der Waals surface area contributed by atoms with Crippen LogP contribution in [0.15, 0.2) is 87.0 Å². The van der Waals surface area contributed by atoms with Gasteiger partial charge in [-0.2, -0.15) is 0 Å². The van der Waals surface area contributed by atoms with Gasteiger partial charge < -0.3 is 14.2 Å². The first-order chi connectivity index (χ1) is 20.4. The van der Waals surface area contributed by atoms with Crippen LogP contribution in [0.5, 0.6) is 11.5 Å². The summed E-state index contributed by atoms with van der Waals surface area (Å²) >= 11 is 5.12. The SMILES string of the molecule is CCOC(=O)C1=C(c2ccccc2)N=c2s/c(=C\c3cc(I)c(OCC)c(OC)c3)c(=O)n2[C@@H]1c1ccc(SC)cc1. The number of nitrogens with zero attached hydrogens (tertiary/aromatic N) is 2. The summed E-state index contributed by atoms with van der Waals surface area (Å²) in [5.41, 5.74) is 2.95. The van der Waals surface area contributed by atoms with Crippen LogP contribution >= 0.6 is 45.7 Å². The minimum atomic E-state index is -0.719. The fourth-order valence-corrected chi connectivity index (χ4v) is 6.99. The molecule has 0 aliphatic carbocycles. The van der Waals surface area contributed by atoms with Crippen LogP contribution in [-0.2, 0) is 9.53 Å². The average molecular weight is 713 g/mol. The number of fused-ring (bicyclic) bond motifs is 1. The fourth-order valence-electron chi connectivity index (χ4n) is 4.80. The van der Waals surface area contributed by atoms with Crippen LogP contribution in [0.25, 0.3) is 11.8 Å². The second-order valence-corrected chi connectivity index (χ2v) is 12.2. The first-order valence-corrected chi connectivity index (χ1v) is 16.4. The molecular weight excluding hydrogens is 683 g/mol. The number of thioether (sulfide) groups is 1. The van der Waals surface area contributed by atoms with Crippen molar-refractivity contribution in [3.8, 4) is 11.5 Å². The van der Waals surface area contributed by atoms with Gasteiger partial charge in [-0.25, -0.2) is 9.79 Å². The van der Waals surface area contributed by atoms with E-state index in [0.717, 1.165) is 25.2 Å². The van der Waals surface area contributed by atoms with Gasteiger partial charge in [0.15, 0.2) is 16.3 Å². The second kappa shape index (κ2) is 13.3. The van der Waals surface area contributed by atoms with Crippen LogP contribution in [0.2, 0.25) is 0 Å². The molecule has 216 valence electrons. The Morgan fingerprint density at radius 3 is 2.48 bits per heavy atom. The molecule has 1 aromatic heterocycles. The van der Waals surface area contributed by atoms with Gasteiger partial charge in [0.1, 0.15) is 0 Å². The molecule has 0 N–H and O–H groups in total. The van der Waals surface area contributed by atoms with Gasteiger partial charge in [-0.3, -0.25) is 9.36 Å². The van der Waals surface area contributed by atoms with Crippen molar-refractivity contribution in [1.29, 1.82) is 0 Å². The van der Waals surface area contributed by atoms with E-state index in [0.29, 0.717) is 38.7 Å². The van der Waals surface area contributed by atoms with Crippen molar-refractivity contribution in [2.75, 3.05) is 26.6 Å². The zero-order valence-corrected chi connectivity index (χ0v) is 27.3. The Hall–Kier alpha value is -3.35. The second-order valence-electron chi connectivity index (χ2n) is 9.17. The summed E-state index contributed by atoms with van der Waals surface area (Å²) in [6.45, 7) is 4.40. The molecule has 3 aromatic carbocycles. The van der Waals surface area contributed by atoms with Crippen molar-refractivity contribution in [3.63, 3.8) is 0 Å². The van der Waals surface area contributed by atoms with Crippen LogP contribution in [0.1, 0.15) is 36.6 Å². The quantitative estimate of drug-likeness (QED) is 0.127. The molecule has 7 nitrogen and oxygen atoms in total. The van der Waals surface area contributed by atoms with E-state index in [1.165, 1.54) is 11.3 Å². The molecule has 0 bridgehead atoms. The van der Waals surface area contributed by atoms with E-state index in [1.807, 2.05) is 86.0 Å². The highest BCUT2D eigenvalue weighted by Crippen LogP contribution is 2.36. The van der Waals surface area contributed by atoms with Crippen LogP contribution in [-0.4, -0.2) is 37.1 Å². The first-order valence-electron chi connectivity index (χ1n) is 13.3. The largest absolute Gasteiger partial charge is 0.493 e. The smallest absolute Gasteiger partial charge is 0.338 e. The van der Waals surface area contributed by atoms with E-state index in [9.17, 15) is 9.59 Å². The van der Waals surface area contributed by atoms with Crippen LogP contribution < -0.4 is 24.4 Å². The molecule has 1 atom stereocenters. The van der Waals surface area contributed by atoms with E-state index in [1.54, 1.807) is 30.4 Å². The number of ether oxygens (including phenoxy) is 3. The Morgan fingerprint density at radius 2 is 1.83 bits per heavy atom. The van der Waals surface area contributed by atoms with E-state index in [-0.39, 0.29) is 12.2 Å². The highest BCUT2D eigenvalue weighted by Gasteiger charge is 2.35. The van der Waals surface area contributed by atoms with Crippen LogP contribution in [0, 0.1) is 3.57 Å². The number of hydrogen-bond donors (Lipinski definition) is 0. The third-order valence-electron chi connectivity index (χ3n) is 6.64. The molecule has 0 saturated carbocycles. The molecule has 0 unspecified atom stereocenters. The molecule has 0 fully saturated rings. The van der Waals surface area contributed by atoms with E-state index in [2.05, 4.69) is 22.6 Å². The third-order valence-corrected chi connectivity index (χ3v) is 9.17. The van der Waals surface area contributed by atoms with E-state index < -0.39 is 12.0 Å². The monoisotopic (exact) mass is 712 g/mol. The molecule has 5 rings (SSSR count). The summed E-state index contributed by atoms with van der Waals surface area (Å²) in [5, 5.41) is 0. The van der Waals surface area contributed by atoms with Gasteiger partial charge in [0.2, 0.25) is 0 Å². The lowest BCUT2D eigenvalue weighted by molar-refractivity contribution is -0.138. The molecule has 42 heavy (non-hydrogen) atoms. The number of thiazole rings is 1. The van der Waals surface area contributed by atoms with Crippen LogP contribution in [0.3, 0.4) is 0 Å². The lowest BCUT2D eigenvalue weighted by Gasteiger charge is -2.26. The Kier molecular flexibility index (Phi) is 9.54. The molecule has 0 spiro atoms. The van der Waals surface area contributed by atoms with Gasteiger partial charge in [-0.05, 0) is 84.2 Å². The van der Waals surface area contributed by atoms with E-state index in [4.69, 9.17) is 19.2 Å². The first kappa shape index (κ1) is 30.1. The van der Waals surface area contributed by atoms with Gasteiger partial charge in [0.25, 0.3) is 5.56 Å². The predicted molar refractivity (Wildman–Crippen MR) is 176 cm³/mol. The fraction of sp³-hybridized carbons (Fsp3) is 0.219. The normalized spacial score (nSPS) is 14.8. The molecule has 0 amide bonds. The zero-order chi connectivity index (χ0) is 29.8. The average Bonchev–Trinajstić information content (AvgIpc) is 3.32. The minimum absolute atomic E-state index is 0.200. The topological polar surface area (TPSA) is 79.1 Å². The molecule has 1 aliphatic rings. The Balaban J connectivity index is 1.78. The Labute approximate surface area is 265 Å². The molecule has 1 aliphatic heterocycles. The number of rotatable bonds is 9. The molecular formula is C32H29IN2O5S2. The number of methoxy groups -OCH3 is 1. The summed E-state index contributed by atoms with van der Waals surface area (Å²) in [4.78, 5) is 34.3. The van der Waals surface area contributed by atoms with Gasteiger partial charge in [-0.1, -0.05) is 53.8 Å². The Morgan fingerprint density at radius 1 is 1.10 bits per heavy atom. The number of carbonyl (C=O) groups excluding carboxylic acids is 1. The number of esters is 1. The standard InChI is InChI=1S/C32H29IN2O5S2/c1-5-39-29-23(33)16-19(17-24(29)38-3)18-25-30(36)35-28(21-12-14-22(41-4)15-13-21)26(31(37)40-6-2)27(34-32(35)42-25)20-10-8-7-9-11-20/h7-18,28H,5-6H2,1-4H3/b25-18-/t28-/m1/s1. The van der Waals surface area contributed by atoms with Crippen molar-refractivity contribution in [2.24, 2.45) is 4.99 Å². The van der Waals surface area contributed by atoms with Crippen molar-refractivity contribution in [3.05, 3.63) is 112 Å². The summed E-state index contributed by atoms with van der Waals surface area (Å²) in [6, 6.07) is 20.5. The number of halogens is 1. The summed E-state index contributed by atoms with van der Waals surface area (Å²) < 4.78 is 19.9. The van der Waals surface area contributed by atoms with Gasteiger partial charge >= 0.3 is 5.97 Å². The maximum Gasteiger partial charge on any atom is 0.338 e. The van der Waals surface area contributed by atoms with Crippen molar-refractivity contribution < 1.29 is 19.0 Å². The van der Waals surface area contributed by atoms with Gasteiger partial charge in [0.05, 0.1) is 45.7 Å². The number of aromatic nitrogens is 1. The van der Waals surface area contributed by atoms with Crippen LogP contribution in [0.4, 0.5) is 0 Å².